The zero-order valence-corrected chi connectivity index (χ0v) is 71.5. The zero-order valence-electron chi connectivity index (χ0n) is 69.9. The SMILES string of the molecule is CCCCCCCCCCCCCCCCCCOc1cc(CBr)cc(C)c1OCCCCCCCCCCCCCCCCCC.CCCCCCCCCCCCCCCCCCOc1cc(CN2CCCN3CCCN=C32)cc(C)c1OCCCCCCCCCCCCCCCCCC. The van der Waals surface area contributed by atoms with Crippen molar-refractivity contribution in [2.24, 2.45) is 4.99 Å². The fraction of sp³-hybridized carbons (Fsp3) is 0.863. The van der Waals surface area contributed by atoms with Gasteiger partial charge in [-0.15, -0.1) is 0 Å². The standard InChI is InChI=1S/C51H93N3O2.C44H81BrO2/c1-4-6-8-10-12-14-16-18-20-22-24-26-28-30-32-34-42-55-49-45-48(46-54-41-37-40-53-39-36-38-52-51(53)54)44-47(3)50(49)56-43-35-33-31-29-27-25-23-21-19-17-15-13-11-9-7-5-2;1-4-6-8-10-12-14-16-18-20-22-24-26-28-30-32-34-36-46-43-39-42(40-45)38-41(3)44(43)47-37-35-33-31-29-27-25-23-21-19-17-15-13-11-9-7-5-2/h44-45H,4-43,46H2,1-3H3;38-39H,4-37,40H2,1-3H3. The van der Waals surface area contributed by atoms with Gasteiger partial charge >= 0.3 is 0 Å². The van der Waals surface area contributed by atoms with E-state index in [4.69, 9.17) is 23.9 Å². The average molecular weight is 1500 g/mol. The second-order valence-corrected chi connectivity index (χ2v) is 33.1. The van der Waals surface area contributed by atoms with Crippen LogP contribution in [0.5, 0.6) is 23.0 Å². The van der Waals surface area contributed by atoms with Crippen LogP contribution in [0.15, 0.2) is 29.3 Å². The maximum absolute atomic E-state index is 6.57. The van der Waals surface area contributed by atoms with E-state index in [2.05, 4.69) is 91.5 Å². The molecule has 2 heterocycles. The fourth-order valence-corrected chi connectivity index (χ4v) is 16.1. The highest BCUT2D eigenvalue weighted by Gasteiger charge is 2.26. The molecule has 103 heavy (non-hydrogen) atoms. The van der Waals surface area contributed by atoms with Crippen molar-refractivity contribution < 1.29 is 18.9 Å². The van der Waals surface area contributed by atoms with E-state index >= 15 is 0 Å². The van der Waals surface area contributed by atoms with Crippen LogP contribution >= 0.6 is 15.9 Å². The lowest BCUT2D eigenvalue weighted by atomic mass is 10.0. The van der Waals surface area contributed by atoms with Gasteiger partial charge in [0.1, 0.15) is 0 Å². The predicted octanol–water partition coefficient (Wildman–Crippen LogP) is 31.7. The summed E-state index contributed by atoms with van der Waals surface area (Å²) in [4.78, 5) is 9.92. The monoisotopic (exact) mass is 1500 g/mol. The van der Waals surface area contributed by atoms with Gasteiger partial charge in [-0.3, -0.25) is 4.99 Å². The summed E-state index contributed by atoms with van der Waals surface area (Å²) in [7, 11) is 0. The van der Waals surface area contributed by atoms with Crippen molar-refractivity contribution in [3.8, 4) is 23.0 Å². The van der Waals surface area contributed by atoms with E-state index in [1.165, 1.54) is 426 Å². The molecule has 0 bridgehead atoms. The van der Waals surface area contributed by atoms with Crippen LogP contribution in [0, 0.1) is 13.8 Å². The number of alkyl halides is 1. The molecule has 0 unspecified atom stereocenters. The van der Waals surface area contributed by atoms with Crippen molar-refractivity contribution in [2.75, 3.05) is 52.6 Å². The van der Waals surface area contributed by atoms with Gasteiger partial charge in [0, 0.05) is 38.1 Å². The lowest BCUT2D eigenvalue weighted by molar-refractivity contribution is 0.238. The number of aryl methyl sites for hydroxylation is 2. The maximum Gasteiger partial charge on any atom is 0.196 e. The largest absolute Gasteiger partial charge is 0.490 e. The minimum Gasteiger partial charge on any atom is -0.490 e. The molecule has 8 heteroatoms. The molecule has 0 aliphatic carbocycles. The molecule has 1 fully saturated rings. The molecule has 0 saturated carbocycles. The Balaban J connectivity index is 0.000000544. The first-order valence-electron chi connectivity index (χ1n) is 46.3. The number of hydrogen-bond acceptors (Lipinski definition) is 7. The number of benzene rings is 2. The molecular formula is C95H174BrN3O4. The number of unbranched alkanes of at least 4 members (excludes halogenated alkanes) is 60. The highest BCUT2D eigenvalue weighted by molar-refractivity contribution is 9.08. The summed E-state index contributed by atoms with van der Waals surface area (Å²) in [5.74, 6) is 5.04. The number of hydrogen-bond donors (Lipinski definition) is 0. The first-order chi connectivity index (χ1) is 50.9. The molecule has 2 aromatic rings. The second kappa shape index (κ2) is 72.3. The van der Waals surface area contributed by atoms with Crippen molar-refractivity contribution >= 4 is 21.9 Å². The number of rotatable bonds is 75. The molecule has 2 aliphatic rings. The van der Waals surface area contributed by atoms with Crippen LogP contribution in [-0.4, -0.2) is 68.4 Å². The van der Waals surface area contributed by atoms with Crippen LogP contribution in [-0.2, 0) is 11.9 Å². The lowest BCUT2D eigenvalue weighted by Crippen LogP contribution is -2.51. The van der Waals surface area contributed by atoms with E-state index in [9.17, 15) is 0 Å². The molecule has 0 spiro atoms. The Morgan fingerprint density at radius 3 is 0.816 bits per heavy atom. The number of ether oxygens (including phenoxy) is 4. The normalized spacial score (nSPS) is 13.0. The molecule has 600 valence electrons. The topological polar surface area (TPSA) is 55.8 Å². The second-order valence-electron chi connectivity index (χ2n) is 32.5. The molecule has 2 aromatic carbocycles. The third kappa shape index (κ3) is 53.8. The van der Waals surface area contributed by atoms with Crippen LogP contribution in [0.25, 0.3) is 0 Å². The molecule has 4 rings (SSSR count). The van der Waals surface area contributed by atoms with Gasteiger partial charge in [0.05, 0.1) is 26.4 Å². The van der Waals surface area contributed by atoms with Crippen molar-refractivity contribution in [1.82, 2.24) is 9.80 Å². The van der Waals surface area contributed by atoms with Gasteiger partial charge in [-0.1, -0.05) is 441 Å². The molecule has 1 saturated heterocycles. The summed E-state index contributed by atoms with van der Waals surface area (Å²) in [6.07, 6.45) is 91.6. The number of nitrogens with zero attached hydrogens (tertiary/aromatic N) is 3. The molecule has 2 aliphatic heterocycles. The smallest absolute Gasteiger partial charge is 0.196 e. The molecule has 0 atom stereocenters. The van der Waals surface area contributed by atoms with Crippen molar-refractivity contribution in [3.05, 3.63) is 46.5 Å². The summed E-state index contributed by atoms with van der Waals surface area (Å²) in [5, 5.41) is 0.850. The van der Waals surface area contributed by atoms with Crippen LogP contribution in [0.4, 0.5) is 0 Å². The summed E-state index contributed by atoms with van der Waals surface area (Å²) in [5.41, 5.74) is 4.98. The third-order valence-electron chi connectivity index (χ3n) is 22.4. The fourth-order valence-electron chi connectivity index (χ4n) is 15.8. The van der Waals surface area contributed by atoms with E-state index in [0.29, 0.717) is 0 Å². The molecule has 0 N–H and O–H groups in total. The Kier molecular flexibility index (Phi) is 66.4. The first kappa shape index (κ1) is 94.6. The Bertz CT molecular complexity index is 2170. The van der Waals surface area contributed by atoms with E-state index in [-0.39, 0.29) is 0 Å². The predicted molar refractivity (Wildman–Crippen MR) is 459 cm³/mol. The van der Waals surface area contributed by atoms with E-state index < -0.39 is 0 Å². The Labute approximate surface area is 651 Å². The number of aliphatic imine (C=N–C) groups is 1. The third-order valence-corrected chi connectivity index (χ3v) is 23.0. The van der Waals surface area contributed by atoms with Gasteiger partial charge in [-0.25, -0.2) is 0 Å². The van der Waals surface area contributed by atoms with Gasteiger partial charge < -0.3 is 28.7 Å². The Morgan fingerprint density at radius 2 is 0.534 bits per heavy atom. The van der Waals surface area contributed by atoms with Gasteiger partial charge in [-0.05, 0) is 86.8 Å². The number of fused-ring (bicyclic) bond motifs is 1. The number of halogens is 1. The quantitative estimate of drug-likeness (QED) is 0.0486. The summed E-state index contributed by atoms with van der Waals surface area (Å²) in [6.45, 7) is 22.0. The summed E-state index contributed by atoms with van der Waals surface area (Å²) < 4.78 is 25.8. The first-order valence-corrected chi connectivity index (χ1v) is 47.5. The van der Waals surface area contributed by atoms with E-state index in [1.54, 1.807) is 0 Å². The molecule has 0 aromatic heterocycles. The van der Waals surface area contributed by atoms with Gasteiger partial charge in [0.2, 0.25) is 0 Å². The van der Waals surface area contributed by atoms with Gasteiger partial charge in [0.25, 0.3) is 0 Å². The molecule has 7 nitrogen and oxygen atoms in total. The molecular weight excluding hydrogens is 1330 g/mol. The van der Waals surface area contributed by atoms with Gasteiger partial charge in [-0.2, -0.15) is 0 Å². The van der Waals surface area contributed by atoms with Crippen LogP contribution in [0.3, 0.4) is 0 Å². The van der Waals surface area contributed by atoms with Crippen LogP contribution in [0.1, 0.15) is 474 Å². The van der Waals surface area contributed by atoms with E-state index in [0.717, 1.165) is 113 Å². The van der Waals surface area contributed by atoms with Crippen LogP contribution in [0.2, 0.25) is 0 Å². The Hall–Kier alpha value is -2.61. The van der Waals surface area contributed by atoms with Crippen molar-refractivity contribution in [1.29, 1.82) is 0 Å². The summed E-state index contributed by atoms with van der Waals surface area (Å²) >= 11 is 3.63. The highest BCUT2D eigenvalue weighted by atomic mass is 79.9. The molecule has 0 radical (unpaired) electrons. The minimum atomic E-state index is 0.779. The van der Waals surface area contributed by atoms with Crippen molar-refractivity contribution in [3.63, 3.8) is 0 Å². The average Bonchev–Trinajstić information content (AvgIpc) is 0.819. The van der Waals surface area contributed by atoms with Crippen molar-refractivity contribution in [2.45, 2.75) is 477 Å². The van der Waals surface area contributed by atoms with Crippen LogP contribution < -0.4 is 18.9 Å². The minimum absolute atomic E-state index is 0.779. The zero-order chi connectivity index (χ0) is 73.5. The lowest BCUT2D eigenvalue weighted by Gasteiger charge is -2.41. The maximum atomic E-state index is 6.57. The highest BCUT2D eigenvalue weighted by Crippen LogP contribution is 2.36. The summed E-state index contributed by atoms with van der Waals surface area (Å²) in [6, 6.07) is 9.04. The number of guanidine groups is 1. The van der Waals surface area contributed by atoms with Gasteiger partial charge in [0.15, 0.2) is 29.0 Å². The Morgan fingerprint density at radius 1 is 0.291 bits per heavy atom. The van der Waals surface area contributed by atoms with E-state index in [1.807, 2.05) is 0 Å². The molecule has 0 amide bonds.